The minimum absolute atomic E-state index is 0.0278. The summed E-state index contributed by atoms with van der Waals surface area (Å²) in [5, 5.41) is 17.6. The molecule has 0 aromatic heterocycles. The summed E-state index contributed by atoms with van der Waals surface area (Å²) in [5.74, 6) is 0. The van der Waals surface area contributed by atoms with Gasteiger partial charge < -0.3 is 10.2 Å². The highest BCUT2D eigenvalue weighted by Crippen LogP contribution is 2.12. The van der Waals surface area contributed by atoms with Crippen LogP contribution in [0.5, 0.6) is 0 Å². The van der Waals surface area contributed by atoms with Gasteiger partial charge in [0.15, 0.2) is 0 Å². The van der Waals surface area contributed by atoms with E-state index in [-0.39, 0.29) is 11.5 Å². The molecule has 0 spiro atoms. The van der Waals surface area contributed by atoms with Crippen LogP contribution in [0.25, 0.3) is 0 Å². The number of hydrogen-bond acceptors (Lipinski definition) is 4. The Balaban J connectivity index is 0.000000211. The Kier molecular flexibility index (Phi) is 6.51. The van der Waals surface area contributed by atoms with Gasteiger partial charge in [-0.15, -0.1) is 0 Å². The number of aliphatic hydroxyl groups excluding tert-OH is 2. The highest BCUT2D eigenvalue weighted by atomic mass is 32.2. The van der Waals surface area contributed by atoms with Crippen molar-refractivity contribution >= 4 is 10.1 Å². The lowest BCUT2D eigenvalue weighted by Gasteiger charge is -2.05. The maximum atomic E-state index is 10.6. The highest BCUT2D eigenvalue weighted by molar-refractivity contribution is 7.85. The average Bonchev–Trinajstić information content (AvgIpc) is 2.47. The van der Waals surface area contributed by atoms with E-state index < -0.39 is 16.2 Å². The number of hydrogen-bond donors (Lipinski definition) is 3. The van der Waals surface area contributed by atoms with Gasteiger partial charge in [0, 0.05) is 0 Å². The molecule has 0 fully saturated rings. The fourth-order valence-electron chi connectivity index (χ4n) is 1.63. The molecular weight excluding hydrogens is 292 g/mol. The molecular formula is C15H18O5S. The standard InChI is InChI=1S/C8H10O2.C7H8O3S/c9-6-8(10)7-4-2-1-3-5-7;1-6-4-2-3-5-7(6)11(8,9)10/h1-5,8-10H,6H2;2-5H,1H3,(H,8,9,10)/t8-;/m1./s1. The van der Waals surface area contributed by atoms with Crippen LogP contribution in [-0.2, 0) is 10.1 Å². The van der Waals surface area contributed by atoms with Gasteiger partial charge in [-0.3, -0.25) is 4.55 Å². The molecule has 0 aliphatic heterocycles. The summed E-state index contributed by atoms with van der Waals surface area (Å²) in [6, 6.07) is 15.4. The van der Waals surface area contributed by atoms with Crippen LogP contribution in [0.15, 0.2) is 59.5 Å². The Bertz CT molecular complexity index is 653. The van der Waals surface area contributed by atoms with E-state index >= 15 is 0 Å². The first-order valence-corrected chi connectivity index (χ1v) is 7.67. The lowest BCUT2D eigenvalue weighted by Crippen LogP contribution is -2.01. The van der Waals surface area contributed by atoms with Gasteiger partial charge in [0.2, 0.25) is 0 Å². The predicted octanol–water partition coefficient (Wildman–Crippen LogP) is 1.95. The van der Waals surface area contributed by atoms with E-state index in [0.717, 1.165) is 5.56 Å². The quantitative estimate of drug-likeness (QED) is 0.753. The lowest BCUT2D eigenvalue weighted by molar-refractivity contribution is 0.0956. The fraction of sp³-hybridized carbons (Fsp3) is 0.200. The molecule has 0 saturated heterocycles. The summed E-state index contributed by atoms with van der Waals surface area (Å²) in [5.41, 5.74) is 1.31. The number of rotatable bonds is 3. The summed E-state index contributed by atoms with van der Waals surface area (Å²) in [7, 11) is -4.03. The van der Waals surface area contributed by atoms with E-state index in [1.165, 1.54) is 6.07 Å². The van der Waals surface area contributed by atoms with Crippen LogP contribution in [0.4, 0.5) is 0 Å². The predicted molar refractivity (Wildman–Crippen MR) is 79.5 cm³/mol. The van der Waals surface area contributed by atoms with Gasteiger partial charge in [-0.25, -0.2) is 0 Å². The minimum atomic E-state index is -4.03. The van der Waals surface area contributed by atoms with Gasteiger partial charge in [-0.05, 0) is 24.1 Å². The Morgan fingerprint density at radius 2 is 1.52 bits per heavy atom. The first-order valence-electron chi connectivity index (χ1n) is 6.23. The molecule has 3 N–H and O–H groups in total. The Morgan fingerprint density at radius 3 is 1.95 bits per heavy atom. The van der Waals surface area contributed by atoms with E-state index in [9.17, 15) is 8.42 Å². The van der Waals surface area contributed by atoms with E-state index in [1.807, 2.05) is 18.2 Å². The molecule has 5 nitrogen and oxygen atoms in total. The molecule has 0 bridgehead atoms. The molecule has 2 rings (SSSR count). The van der Waals surface area contributed by atoms with Gasteiger partial charge in [-0.1, -0.05) is 48.5 Å². The Hall–Kier alpha value is -1.73. The first-order chi connectivity index (χ1) is 9.86. The third-order valence-corrected chi connectivity index (χ3v) is 3.74. The summed E-state index contributed by atoms with van der Waals surface area (Å²) in [4.78, 5) is -0.0278. The van der Waals surface area contributed by atoms with Crippen molar-refractivity contribution in [2.24, 2.45) is 0 Å². The van der Waals surface area contributed by atoms with Crippen LogP contribution < -0.4 is 0 Å². The second-order valence-electron chi connectivity index (χ2n) is 4.35. The summed E-state index contributed by atoms with van der Waals surface area (Å²) in [6.45, 7) is 1.41. The highest BCUT2D eigenvalue weighted by Gasteiger charge is 2.10. The van der Waals surface area contributed by atoms with Crippen LogP contribution in [0.3, 0.4) is 0 Å². The van der Waals surface area contributed by atoms with Crippen molar-refractivity contribution < 1.29 is 23.2 Å². The Morgan fingerprint density at radius 1 is 1.00 bits per heavy atom. The van der Waals surface area contributed by atoms with E-state index in [4.69, 9.17) is 14.8 Å². The smallest absolute Gasteiger partial charge is 0.294 e. The molecule has 2 aromatic rings. The normalized spacial score (nSPS) is 12.2. The molecule has 2 aromatic carbocycles. The van der Waals surface area contributed by atoms with Crippen molar-refractivity contribution in [2.45, 2.75) is 17.9 Å². The fourth-order valence-corrected chi connectivity index (χ4v) is 2.35. The van der Waals surface area contributed by atoms with Crippen molar-refractivity contribution in [2.75, 3.05) is 6.61 Å². The van der Waals surface area contributed by atoms with Crippen LogP contribution >= 0.6 is 0 Å². The van der Waals surface area contributed by atoms with Crippen LogP contribution in [-0.4, -0.2) is 29.8 Å². The van der Waals surface area contributed by atoms with Gasteiger partial charge in [0.25, 0.3) is 10.1 Å². The second-order valence-corrected chi connectivity index (χ2v) is 5.74. The molecule has 0 heterocycles. The van der Waals surface area contributed by atoms with Crippen LogP contribution in [0, 0.1) is 6.92 Å². The maximum absolute atomic E-state index is 10.6. The topological polar surface area (TPSA) is 94.8 Å². The lowest BCUT2D eigenvalue weighted by atomic mass is 10.1. The van der Waals surface area contributed by atoms with E-state index in [0.29, 0.717) is 5.56 Å². The summed E-state index contributed by atoms with van der Waals surface area (Å²) < 4.78 is 29.9. The van der Waals surface area contributed by atoms with E-state index in [1.54, 1.807) is 37.3 Å². The molecule has 0 amide bonds. The van der Waals surface area contributed by atoms with Crippen molar-refractivity contribution in [1.82, 2.24) is 0 Å². The molecule has 1 atom stereocenters. The molecule has 21 heavy (non-hydrogen) atoms. The SMILES string of the molecule is Cc1ccccc1S(=O)(=O)O.OC[C@@H](O)c1ccccc1. The molecule has 0 unspecified atom stereocenters. The molecule has 0 aliphatic carbocycles. The second kappa shape index (κ2) is 7.90. The molecule has 0 saturated carbocycles. The van der Waals surface area contributed by atoms with Crippen LogP contribution in [0.2, 0.25) is 0 Å². The Labute approximate surface area is 124 Å². The number of benzene rings is 2. The van der Waals surface area contributed by atoms with Crippen molar-refractivity contribution in [1.29, 1.82) is 0 Å². The van der Waals surface area contributed by atoms with Crippen LogP contribution in [0.1, 0.15) is 17.2 Å². The van der Waals surface area contributed by atoms with E-state index in [2.05, 4.69) is 0 Å². The van der Waals surface area contributed by atoms with Crippen molar-refractivity contribution in [3.63, 3.8) is 0 Å². The molecule has 114 valence electrons. The van der Waals surface area contributed by atoms with Gasteiger partial charge >= 0.3 is 0 Å². The molecule has 0 aliphatic rings. The third-order valence-electron chi connectivity index (χ3n) is 2.73. The minimum Gasteiger partial charge on any atom is -0.393 e. The number of aryl methyl sites for hydroxylation is 1. The zero-order chi connectivity index (χ0) is 15.9. The molecule has 0 radical (unpaired) electrons. The van der Waals surface area contributed by atoms with Gasteiger partial charge in [0.1, 0.15) is 6.10 Å². The van der Waals surface area contributed by atoms with Gasteiger partial charge in [-0.2, -0.15) is 8.42 Å². The van der Waals surface area contributed by atoms with Crippen molar-refractivity contribution in [3.8, 4) is 0 Å². The summed E-state index contributed by atoms with van der Waals surface area (Å²) >= 11 is 0. The maximum Gasteiger partial charge on any atom is 0.294 e. The zero-order valence-electron chi connectivity index (χ0n) is 11.5. The largest absolute Gasteiger partial charge is 0.393 e. The van der Waals surface area contributed by atoms with Gasteiger partial charge in [0.05, 0.1) is 11.5 Å². The average molecular weight is 310 g/mol. The third kappa shape index (κ3) is 5.65. The first kappa shape index (κ1) is 17.3. The number of aliphatic hydroxyl groups is 2. The zero-order valence-corrected chi connectivity index (χ0v) is 12.4. The summed E-state index contributed by atoms with van der Waals surface area (Å²) in [6.07, 6.45) is -0.735. The molecule has 6 heteroatoms. The van der Waals surface area contributed by atoms with Crippen molar-refractivity contribution in [3.05, 3.63) is 65.7 Å². The monoisotopic (exact) mass is 310 g/mol.